The van der Waals surface area contributed by atoms with Crippen LogP contribution in [-0.2, 0) is 22.7 Å². The third-order valence-electron chi connectivity index (χ3n) is 7.23. The number of carbonyl (C=O) groups excluding carboxylic acids is 1. The van der Waals surface area contributed by atoms with Crippen molar-refractivity contribution in [1.82, 2.24) is 9.91 Å². The van der Waals surface area contributed by atoms with Gasteiger partial charge in [-0.15, -0.1) is 4.59 Å². The highest BCUT2D eigenvalue weighted by molar-refractivity contribution is 5.95. The van der Waals surface area contributed by atoms with E-state index < -0.39 is 5.97 Å². The number of rotatable bonds is 14. The molecule has 9 heteroatoms. The van der Waals surface area contributed by atoms with Crippen molar-refractivity contribution in [1.29, 1.82) is 0 Å². The number of hydrogen-bond acceptors (Lipinski definition) is 6. The van der Waals surface area contributed by atoms with Crippen molar-refractivity contribution in [2.24, 2.45) is 10.3 Å². The first kappa shape index (κ1) is 28.2. The molecule has 0 spiro atoms. The molecule has 1 aliphatic heterocycles. The molecular weight excluding hydrogens is 520 g/mol. The summed E-state index contributed by atoms with van der Waals surface area (Å²) < 4.78 is 12.2. The molecule has 1 atom stereocenters. The fraction of sp³-hybridized carbons (Fsp3) is 0.312. The van der Waals surface area contributed by atoms with Crippen molar-refractivity contribution in [3.05, 3.63) is 107 Å². The van der Waals surface area contributed by atoms with Gasteiger partial charge in [0.15, 0.2) is 11.4 Å². The SMILES string of the molecule is CCNC(=O)c1ccc([N+]2(C3CC3)N=NC(C(=O)O)=C2CCCOCc2ccccc2)c(OCc2ccccc2)c1. The lowest BCUT2D eigenvalue weighted by atomic mass is 10.1. The predicted octanol–water partition coefficient (Wildman–Crippen LogP) is 6.16. The van der Waals surface area contributed by atoms with E-state index in [0.29, 0.717) is 55.3 Å². The van der Waals surface area contributed by atoms with Crippen LogP contribution >= 0.6 is 0 Å². The molecule has 9 nitrogen and oxygen atoms in total. The van der Waals surface area contributed by atoms with Gasteiger partial charge in [-0.3, -0.25) is 4.79 Å². The van der Waals surface area contributed by atoms with Crippen LogP contribution in [0.25, 0.3) is 0 Å². The zero-order valence-corrected chi connectivity index (χ0v) is 23.2. The Hall–Kier alpha value is -4.34. The second kappa shape index (κ2) is 12.9. The number of carboxylic acid groups (broad SMARTS) is 1. The number of nitrogens with one attached hydrogen (secondary N) is 1. The molecular formula is C32H35N4O5+. The summed E-state index contributed by atoms with van der Waals surface area (Å²) in [7, 11) is 0. The molecule has 2 aliphatic rings. The number of hydrogen-bond donors (Lipinski definition) is 2. The van der Waals surface area contributed by atoms with Crippen molar-refractivity contribution >= 4 is 17.6 Å². The Morgan fingerprint density at radius 2 is 1.66 bits per heavy atom. The third-order valence-corrected chi connectivity index (χ3v) is 7.23. The average molecular weight is 556 g/mol. The zero-order chi connectivity index (χ0) is 28.7. The van der Waals surface area contributed by atoms with E-state index in [9.17, 15) is 14.7 Å². The smallest absolute Gasteiger partial charge is 0.362 e. The molecule has 2 N–H and O–H groups in total. The lowest BCUT2D eigenvalue weighted by Crippen LogP contribution is -2.44. The normalized spacial score (nSPS) is 18.0. The molecule has 1 saturated carbocycles. The third kappa shape index (κ3) is 6.37. The molecule has 5 rings (SSSR count). The summed E-state index contributed by atoms with van der Waals surface area (Å²) >= 11 is 0. The van der Waals surface area contributed by atoms with E-state index in [1.54, 1.807) is 12.1 Å². The first-order valence-electron chi connectivity index (χ1n) is 14.0. The first-order chi connectivity index (χ1) is 20.0. The fourth-order valence-electron chi connectivity index (χ4n) is 5.13. The Morgan fingerprint density at radius 1 is 0.976 bits per heavy atom. The number of ether oxygens (including phenoxy) is 2. The van der Waals surface area contributed by atoms with Gasteiger partial charge in [0.05, 0.1) is 6.61 Å². The molecule has 3 aromatic carbocycles. The number of amides is 1. The van der Waals surface area contributed by atoms with Crippen molar-refractivity contribution in [3.8, 4) is 5.75 Å². The molecule has 212 valence electrons. The maximum atomic E-state index is 12.7. The van der Waals surface area contributed by atoms with Crippen molar-refractivity contribution in [2.45, 2.75) is 51.9 Å². The number of allylic oxidation sites excluding steroid dienone is 1. The van der Waals surface area contributed by atoms with Gasteiger partial charge >= 0.3 is 5.97 Å². The van der Waals surface area contributed by atoms with Crippen LogP contribution in [0.1, 0.15) is 54.1 Å². The minimum Gasteiger partial charge on any atom is -0.483 e. The van der Waals surface area contributed by atoms with Gasteiger partial charge in [0.25, 0.3) is 5.91 Å². The highest BCUT2D eigenvalue weighted by atomic mass is 16.5. The summed E-state index contributed by atoms with van der Waals surface area (Å²) in [5.41, 5.74) is 3.76. The number of carbonyl (C=O) groups is 2. The Kier molecular flexibility index (Phi) is 8.86. The topological polar surface area (TPSA) is 110 Å². The second-order valence-corrected chi connectivity index (χ2v) is 10.2. The minimum absolute atomic E-state index is 0.0326. The van der Waals surface area contributed by atoms with E-state index in [-0.39, 0.29) is 28.8 Å². The Labute approximate surface area is 239 Å². The summed E-state index contributed by atoms with van der Waals surface area (Å²) in [4.78, 5) is 25.0. The van der Waals surface area contributed by atoms with Crippen molar-refractivity contribution in [2.75, 3.05) is 13.2 Å². The van der Waals surface area contributed by atoms with Crippen LogP contribution in [0.3, 0.4) is 0 Å². The first-order valence-corrected chi connectivity index (χ1v) is 14.0. The van der Waals surface area contributed by atoms with Crippen LogP contribution in [0, 0.1) is 0 Å². The number of benzene rings is 3. The largest absolute Gasteiger partial charge is 0.483 e. The summed E-state index contributed by atoms with van der Waals surface area (Å²) in [6.45, 7) is 3.60. The van der Waals surface area contributed by atoms with E-state index in [1.807, 2.05) is 73.7 Å². The van der Waals surface area contributed by atoms with E-state index >= 15 is 0 Å². The average Bonchev–Trinajstić information content (AvgIpc) is 3.78. The summed E-state index contributed by atoms with van der Waals surface area (Å²) in [6.07, 6.45) is 2.79. The standard InChI is InChI=1S/C32H34N4O5/c1-2-33-31(37)25-15-18-27(29(20-25)41-22-24-12-7-4-8-13-24)36(26-16-17-26)28(30(32(38)39)34-35-36)14-9-19-40-21-23-10-5-3-6-11-23/h3-8,10-13,15,18,20,26H,2,9,14,16-17,19,21-22H2,1H3,(H-,33,37,38,39)/p+1. The molecule has 0 aromatic heterocycles. The molecule has 1 unspecified atom stereocenters. The maximum absolute atomic E-state index is 12.7. The molecule has 1 aliphatic carbocycles. The lowest BCUT2D eigenvalue weighted by Gasteiger charge is -2.30. The van der Waals surface area contributed by atoms with Crippen LogP contribution in [0.15, 0.2) is 101 Å². The minimum atomic E-state index is -1.11. The number of carboxylic acids is 1. The molecule has 1 amide bonds. The predicted molar refractivity (Wildman–Crippen MR) is 155 cm³/mol. The van der Waals surface area contributed by atoms with Crippen LogP contribution < -0.4 is 14.6 Å². The van der Waals surface area contributed by atoms with Gasteiger partial charge in [-0.05, 0) is 36.6 Å². The monoisotopic (exact) mass is 555 g/mol. The molecule has 3 aromatic rings. The summed E-state index contributed by atoms with van der Waals surface area (Å²) in [6, 6.07) is 25.0. The van der Waals surface area contributed by atoms with Crippen LogP contribution in [-0.4, -0.2) is 36.2 Å². The molecule has 0 radical (unpaired) electrons. The summed E-state index contributed by atoms with van der Waals surface area (Å²) in [5.74, 6) is -0.838. The fourth-order valence-corrected chi connectivity index (χ4v) is 5.13. The van der Waals surface area contributed by atoms with Gasteiger partial charge in [0.2, 0.25) is 11.4 Å². The maximum Gasteiger partial charge on any atom is 0.362 e. The summed E-state index contributed by atoms with van der Waals surface area (Å²) in [5, 5.41) is 21.8. The lowest BCUT2D eigenvalue weighted by molar-refractivity contribution is -0.132. The molecule has 0 bridgehead atoms. The Bertz CT molecular complexity index is 1440. The number of nitrogens with zero attached hydrogens (tertiary/aromatic N) is 3. The highest BCUT2D eigenvalue weighted by Crippen LogP contribution is 2.52. The van der Waals surface area contributed by atoms with E-state index in [1.165, 1.54) is 0 Å². The van der Waals surface area contributed by atoms with Gasteiger partial charge in [-0.1, -0.05) is 65.8 Å². The van der Waals surface area contributed by atoms with Gasteiger partial charge in [0.1, 0.15) is 12.6 Å². The molecule has 0 saturated heterocycles. The van der Waals surface area contributed by atoms with Gasteiger partial charge in [-0.25, -0.2) is 4.79 Å². The van der Waals surface area contributed by atoms with Gasteiger partial charge in [-0.2, -0.15) is 0 Å². The van der Waals surface area contributed by atoms with Crippen molar-refractivity contribution in [3.63, 3.8) is 0 Å². The quantitative estimate of drug-likeness (QED) is 0.183. The van der Waals surface area contributed by atoms with E-state index in [4.69, 9.17) is 9.47 Å². The number of aliphatic carboxylic acids is 1. The Balaban J connectivity index is 1.45. The molecule has 1 fully saturated rings. The van der Waals surface area contributed by atoms with Crippen LogP contribution in [0.4, 0.5) is 5.69 Å². The van der Waals surface area contributed by atoms with E-state index in [0.717, 1.165) is 24.0 Å². The Morgan fingerprint density at radius 3 is 2.29 bits per heavy atom. The zero-order valence-electron chi connectivity index (χ0n) is 23.2. The van der Waals surface area contributed by atoms with E-state index in [2.05, 4.69) is 15.7 Å². The van der Waals surface area contributed by atoms with Crippen LogP contribution in [0.2, 0.25) is 0 Å². The second-order valence-electron chi connectivity index (χ2n) is 10.2. The van der Waals surface area contributed by atoms with Crippen molar-refractivity contribution < 1.29 is 24.2 Å². The molecule has 1 heterocycles. The number of quaternary nitrogens is 1. The van der Waals surface area contributed by atoms with Gasteiger partial charge < -0.3 is 19.9 Å². The van der Waals surface area contributed by atoms with Crippen LogP contribution in [0.5, 0.6) is 5.75 Å². The van der Waals surface area contributed by atoms with Gasteiger partial charge in [0, 0.05) is 49.3 Å². The molecule has 41 heavy (non-hydrogen) atoms. The highest BCUT2D eigenvalue weighted by Gasteiger charge is 2.57.